The molecule has 0 saturated carbocycles. The van der Waals surface area contributed by atoms with E-state index >= 15 is 0 Å². The average Bonchev–Trinajstić information content (AvgIpc) is 2.62. The Labute approximate surface area is 166 Å². The second kappa shape index (κ2) is 17.0. The fourth-order valence-corrected chi connectivity index (χ4v) is 3.09. The van der Waals surface area contributed by atoms with E-state index in [1.807, 2.05) is 6.08 Å². The third-order valence-corrected chi connectivity index (χ3v) is 4.96. The topological polar surface area (TPSA) is 77.8 Å². The molecule has 3 N–H and O–H groups in total. The van der Waals surface area contributed by atoms with Gasteiger partial charge in [-0.3, -0.25) is 4.79 Å². The molecule has 0 saturated heterocycles. The molecular formula is C23H42O4. The van der Waals surface area contributed by atoms with Crippen molar-refractivity contribution in [3.05, 3.63) is 24.3 Å². The molecule has 0 aromatic heterocycles. The lowest BCUT2D eigenvalue weighted by Crippen LogP contribution is -2.23. The Bertz CT molecular complexity index is 415. The van der Waals surface area contributed by atoms with Crippen molar-refractivity contribution in [3.8, 4) is 0 Å². The summed E-state index contributed by atoms with van der Waals surface area (Å²) >= 11 is 0. The van der Waals surface area contributed by atoms with Crippen molar-refractivity contribution in [2.45, 2.75) is 104 Å². The molecule has 0 aliphatic rings. The highest BCUT2D eigenvalue weighted by atomic mass is 16.4. The Kier molecular flexibility index (Phi) is 16.3. The summed E-state index contributed by atoms with van der Waals surface area (Å²) in [4.78, 5) is 10.8. The highest BCUT2D eigenvalue weighted by Crippen LogP contribution is 2.23. The van der Waals surface area contributed by atoms with Crippen LogP contribution in [0.25, 0.3) is 0 Å². The highest BCUT2D eigenvalue weighted by Gasteiger charge is 2.12. The van der Waals surface area contributed by atoms with Gasteiger partial charge in [0.15, 0.2) is 0 Å². The van der Waals surface area contributed by atoms with Crippen LogP contribution in [0.4, 0.5) is 0 Å². The van der Waals surface area contributed by atoms with Gasteiger partial charge in [-0.25, -0.2) is 0 Å². The van der Waals surface area contributed by atoms with Gasteiger partial charge in [-0.2, -0.15) is 0 Å². The van der Waals surface area contributed by atoms with E-state index in [0.29, 0.717) is 18.3 Å². The van der Waals surface area contributed by atoms with Gasteiger partial charge in [0.1, 0.15) is 0 Å². The van der Waals surface area contributed by atoms with Gasteiger partial charge in [0, 0.05) is 6.42 Å². The molecule has 158 valence electrons. The average molecular weight is 383 g/mol. The van der Waals surface area contributed by atoms with Crippen LogP contribution in [-0.2, 0) is 4.79 Å². The molecule has 0 bridgehead atoms. The van der Waals surface area contributed by atoms with Gasteiger partial charge in [0.05, 0.1) is 12.2 Å². The van der Waals surface area contributed by atoms with Crippen LogP contribution in [0.1, 0.15) is 91.4 Å². The SMILES string of the molecule is CCCCC(O)C(O)C=CC=CCCCCC(CCC(=O)O)CCC(C)C. The molecule has 0 aromatic carbocycles. The molecule has 0 aliphatic heterocycles. The van der Waals surface area contributed by atoms with Crippen LogP contribution in [0.5, 0.6) is 0 Å². The first-order valence-corrected chi connectivity index (χ1v) is 10.8. The predicted octanol–water partition coefficient (Wildman–Crippen LogP) is 5.49. The summed E-state index contributed by atoms with van der Waals surface area (Å²) in [6, 6.07) is 0. The summed E-state index contributed by atoms with van der Waals surface area (Å²) in [5.41, 5.74) is 0. The summed E-state index contributed by atoms with van der Waals surface area (Å²) in [7, 11) is 0. The van der Waals surface area contributed by atoms with E-state index in [1.165, 1.54) is 6.42 Å². The number of aliphatic hydroxyl groups is 2. The summed E-state index contributed by atoms with van der Waals surface area (Å²) in [6.45, 7) is 6.50. The number of aliphatic carboxylic acids is 1. The number of aliphatic hydroxyl groups excluding tert-OH is 2. The van der Waals surface area contributed by atoms with E-state index < -0.39 is 18.2 Å². The van der Waals surface area contributed by atoms with Gasteiger partial charge in [-0.1, -0.05) is 83.6 Å². The van der Waals surface area contributed by atoms with E-state index in [4.69, 9.17) is 5.11 Å². The van der Waals surface area contributed by atoms with Crippen molar-refractivity contribution < 1.29 is 20.1 Å². The largest absolute Gasteiger partial charge is 0.481 e. The smallest absolute Gasteiger partial charge is 0.303 e. The molecule has 0 rings (SSSR count). The van der Waals surface area contributed by atoms with Crippen molar-refractivity contribution in [2.75, 3.05) is 0 Å². The molecule has 27 heavy (non-hydrogen) atoms. The number of carboxylic acid groups (broad SMARTS) is 1. The van der Waals surface area contributed by atoms with E-state index in [9.17, 15) is 15.0 Å². The minimum Gasteiger partial charge on any atom is -0.481 e. The quantitative estimate of drug-likeness (QED) is 0.230. The van der Waals surface area contributed by atoms with Crippen LogP contribution in [0.2, 0.25) is 0 Å². The molecule has 4 nitrogen and oxygen atoms in total. The van der Waals surface area contributed by atoms with Crippen LogP contribution in [0, 0.1) is 11.8 Å². The molecule has 0 aliphatic carbocycles. The fraction of sp³-hybridized carbons (Fsp3) is 0.783. The third kappa shape index (κ3) is 16.7. The van der Waals surface area contributed by atoms with E-state index in [1.54, 1.807) is 12.2 Å². The summed E-state index contributed by atoms with van der Waals surface area (Å²) in [5.74, 6) is 0.497. The zero-order chi connectivity index (χ0) is 20.5. The van der Waals surface area contributed by atoms with Gasteiger partial charge >= 0.3 is 5.97 Å². The van der Waals surface area contributed by atoms with Gasteiger partial charge in [-0.05, 0) is 37.5 Å². The number of allylic oxidation sites excluding steroid dienone is 3. The first-order chi connectivity index (χ1) is 12.9. The Hall–Kier alpha value is -1.13. The van der Waals surface area contributed by atoms with Crippen LogP contribution in [0.15, 0.2) is 24.3 Å². The van der Waals surface area contributed by atoms with E-state index in [-0.39, 0.29) is 6.42 Å². The van der Waals surface area contributed by atoms with Gasteiger partial charge < -0.3 is 15.3 Å². The van der Waals surface area contributed by atoms with Crippen molar-refractivity contribution in [2.24, 2.45) is 11.8 Å². The molecule has 0 fully saturated rings. The van der Waals surface area contributed by atoms with Crippen LogP contribution < -0.4 is 0 Å². The van der Waals surface area contributed by atoms with Crippen LogP contribution in [0.3, 0.4) is 0 Å². The summed E-state index contributed by atoms with van der Waals surface area (Å²) < 4.78 is 0. The first kappa shape index (κ1) is 25.9. The molecule has 4 heteroatoms. The number of hydrogen-bond acceptors (Lipinski definition) is 3. The molecular weight excluding hydrogens is 340 g/mol. The second-order valence-corrected chi connectivity index (χ2v) is 8.07. The lowest BCUT2D eigenvalue weighted by molar-refractivity contribution is -0.137. The maximum absolute atomic E-state index is 10.8. The summed E-state index contributed by atoms with van der Waals surface area (Å²) in [6.07, 6.45) is 16.2. The lowest BCUT2D eigenvalue weighted by Gasteiger charge is -2.17. The highest BCUT2D eigenvalue weighted by molar-refractivity contribution is 5.66. The zero-order valence-electron chi connectivity index (χ0n) is 17.6. The number of carboxylic acids is 1. The van der Waals surface area contributed by atoms with E-state index in [0.717, 1.165) is 51.4 Å². The van der Waals surface area contributed by atoms with Crippen molar-refractivity contribution >= 4 is 5.97 Å². The number of carbonyl (C=O) groups is 1. The first-order valence-electron chi connectivity index (χ1n) is 10.8. The Morgan fingerprint density at radius 2 is 1.67 bits per heavy atom. The Morgan fingerprint density at radius 1 is 0.926 bits per heavy atom. The van der Waals surface area contributed by atoms with Gasteiger partial charge in [0.25, 0.3) is 0 Å². The molecule has 0 aromatic rings. The Morgan fingerprint density at radius 3 is 2.30 bits per heavy atom. The Balaban J connectivity index is 3.98. The minimum absolute atomic E-state index is 0.278. The zero-order valence-corrected chi connectivity index (χ0v) is 17.6. The van der Waals surface area contributed by atoms with Gasteiger partial charge in [0.2, 0.25) is 0 Å². The molecule has 3 unspecified atom stereocenters. The maximum atomic E-state index is 10.8. The monoisotopic (exact) mass is 382 g/mol. The van der Waals surface area contributed by atoms with Crippen molar-refractivity contribution in [1.29, 1.82) is 0 Å². The third-order valence-electron chi connectivity index (χ3n) is 4.96. The maximum Gasteiger partial charge on any atom is 0.303 e. The lowest BCUT2D eigenvalue weighted by atomic mass is 9.89. The fourth-order valence-electron chi connectivity index (χ4n) is 3.09. The molecule has 3 atom stereocenters. The molecule has 0 amide bonds. The van der Waals surface area contributed by atoms with Crippen LogP contribution >= 0.6 is 0 Å². The van der Waals surface area contributed by atoms with Crippen LogP contribution in [-0.4, -0.2) is 33.5 Å². The number of hydrogen-bond donors (Lipinski definition) is 3. The summed E-state index contributed by atoms with van der Waals surface area (Å²) in [5, 5.41) is 28.5. The molecule has 0 spiro atoms. The van der Waals surface area contributed by atoms with Crippen molar-refractivity contribution in [1.82, 2.24) is 0 Å². The van der Waals surface area contributed by atoms with Gasteiger partial charge in [-0.15, -0.1) is 0 Å². The van der Waals surface area contributed by atoms with E-state index in [2.05, 4.69) is 26.8 Å². The standard InChI is InChI=1S/C23H42O4/c1-4-5-13-21(24)22(25)14-11-9-7-6-8-10-12-20(16-15-19(2)3)17-18-23(26)27/h7,9,11,14,19-22,24-25H,4-6,8,10,12-13,15-18H2,1-3H3,(H,26,27). The molecule has 0 radical (unpaired) electrons. The predicted molar refractivity (Wildman–Crippen MR) is 113 cm³/mol. The minimum atomic E-state index is -0.794. The second-order valence-electron chi connectivity index (χ2n) is 8.07. The van der Waals surface area contributed by atoms with Crippen molar-refractivity contribution in [3.63, 3.8) is 0 Å². The number of unbranched alkanes of at least 4 members (excludes halogenated alkanes) is 3. The normalized spacial score (nSPS) is 15.6. The molecule has 0 heterocycles. The number of rotatable bonds is 17.